The van der Waals surface area contributed by atoms with Crippen LogP contribution in [0.3, 0.4) is 0 Å². The average molecular weight is 371 g/mol. The van der Waals surface area contributed by atoms with Crippen molar-refractivity contribution in [2.75, 3.05) is 0 Å². The molecule has 0 fully saturated rings. The van der Waals surface area contributed by atoms with E-state index in [0.717, 1.165) is 12.1 Å². The maximum atomic E-state index is 14.2. The number of alkyl halides is 2. The number of aliphatic hydroxyl groups excluding tert-OH is 1. The minimum atomic E-state index is -3.37. The standard InChI is InChI=1S/C20H12F3NO3/c21-12-6-11(10-24)7-13(8-12)27-17-4-3-14(16-2-1-5-26-16)18-15(17)9-20(22,23)19(18)25/h1-8,19,25H,9H2. The number of ether oxygens (including phenoxy) is 1. The van der Waals surface area contributed by atoms with E-state index >= 15 is 0 Å². The van der Waals surface area contributed by atoms with E-state index in [0.29, 0.717) is 11.3 Å². The Hall–Kier alpha value is -3.24. The third kappa shape index (κ3) is 2.94. The van der Waals surface area contributed by atoms with E-state index < -0.39 is 24.3 Å². The van der Waals surface area contributed by atoms with Crippen LogP contribution in [0.4, 0.5) is 13.2 Å². The fourth-order valence-corrected chi connectivity index (χ4v) is 3.24. The van der Waals surface area contributed by atoms with Crippen molar-refractivity contribution in [1.82, 2.24) is 0 Å². The van der Waals surface area contributed by atoms with Crippen molar-refractivity contribution in [3.63, 3.8) is 0 Å². The topological polar surface area (TPSA) is 66.4 Å². The van der Waals surface area contributed by atoms with Gasteiger partial charge in [-0.05, 0) is 36.4 Å². The van der Waals surface area contributed by atoms with E-state index in [1.165, 1.54) is 24.5 Å². The third-order valence-electron chi connectivity index (χ3n) is 4.41. The van der Waals surface area contributed by atoms with E-state index in [1.54, 1.807) is 18.2 Å². The van der Waals surface area contributed by atoms with Gasteiger partial charge in [0.15, 0.2) is 0 Å². The molecule has 3 aromatic rings. The second kappa shape index (κ2) is 6.18. The molecule has 1 N–H and O–H groups in total. The zero-order valence-corrected chi connectivity index (χ0v) is 13.7. The van der Waals surface area contributed by atoms with Gasteiger partial charge < -0.3 is 14.3 Å². The Balaban J connectivity index is 1.83. The molecule has 1 atom stereocenters. The molecule has 7 heteroatoms. The van der Waals surface area contributed by atoms with Gasteiger partial charge in [-0.2, -0.15) is 5.26 Å². The largest absolute Gasteiger partial charge is 0.464 e. The average Bonchev–Trinajstić information content (AvgIpc) is 3.23. The molecule has 27 heavy (non-hydrogen) atoms. The van der Waals surface area contributed by atoms with Gasteiger partial charge in [0, 0.05) is 29.2 Å². The summed E-state index contributed by atoms with van der Waals surface area (Å²) in [5, 5.41) is 19.1. The molecule has 1 heterocycles. The predicted octanol–water partition coefficient (Wildman–Crippen LogP) is 4.97. The molecular formula is C20H12F3NO3. The fourth-order valence-electron chi connectivity index (χ4n) is 3.24. The van der Waals surface area contributed by atoms with Gasteiger partial charge in [0.25, 0.3) is 5.92 Å². The summed E-state index contributed by atoms with van der Waals surface area (Å²) in [6, 6.07) is 11.4. The summed E-state index contributed by atoms with van der Waals surface area (Å²) in [5.41, 5.74) is 0.511. The number of fused-ring (bicyclic) bond motifs is 1. The van der Waals surface area contributed by atoms with E-state index in [1.807, 2.05) is 0 Å². The highest BCUT2D eigenvalue weighted by atomic mass is 19.3. The maximum Gasteiger partial charge on any atom is 0.281 e. The van der Waals surface area contributed by atoms with E-state index in [4.69, 9.17) is 14.4 Å². The molecule has 1 unspecified atom stereocenters. The first kappa shape index (κ1) is 17.2. The number of halogens is 3. The smallest absolute Gasteiger partial charge is 0.281 e. The third-order valence-corrected chi connectivity index (χ3v) is 4.41. The lowest BCUT2D eigenvalue weighted by molar-refractivity contribution is -0.0967. The van der Waals surface area contributed by atoms with Crippen molar-refractivity contribution in [3.05, 3.63) is 71.2 Å². The number of nitrogens with zero attached hydrogens (tertiary/aromatic N) is 1. The molecule has 0 aliphatic heterocycles. The van der Waals surface area contributed by atoms with Crippen molar-refractivity contribution in [3.8, 4) is 28.9 Å². The fraction of sp³-hybridized carbons (Fsp3) is 0.150. The quantitative estimate of drug-likeness (QED) is 0.706. The number of aliphatic hydroxyl groups is 1. The van der Waals surface area contributed by atoms with Crippen molar-refractivity contribution < 1.29 is 27.4 Å². The van der Waals surface area contributed by atoms with Crippen LogP contribution in [-0.4, -0.2) is 11.0 Å². The van der Waals surface area contributed by atoms with Crippen LogP contribution in [0.5, 0.6) is 11.5 Å². The van der Waals surface area contributed by atoms with Crippen molar-refractivity contribution >= 4 is 0 Å². The molecule has 1 aliphatic carbocycles. The molecule has 0 saturated heterocycles. The van der Waals surface area contributed by atoms with Crippen LogP contribution in [0.2, 0.25) is 0 Å². The highest BCUT2D eigenvalue weighted by molar-refractivity contribution is 5.69. The number of hydrogen-bond donors (Lipinski definition) is 1. The molecule has 0 bridgehead atoms. The number of benzene rings is 2. The molecule has 4 rings (SSSR count). The number of rotatable bonds is 3. The molecule has 136 valence electrons. The van der Waals surface area contributed by atoms with Gasteiger partial charge in [0.1, 0.15) is 29.2 Å². The van der Waals surface area contributed by atoms with Crippen molar-refractivity contribution in [2.45, 2.75) is 18.4 Å². The molecule has 1 aromatic heterocycles. The zero-order chi connectivity index (χ0) is 19.2. The Morgan fingerprint density at radius 1 is 1.22 bits per heavy atom. The summed E-state index contributed by atoms with van der Waals surface area (Å²) < 4.78 is 52.9. The van der Waals surface area contributed by atoms with Crippen LogP contribution < -0.4 is 4.74 Å². The summed E-state index contributed by atoms with van der Waals surface area (Å²) in [4.78, 5) is 0. The van der Waals surface area contributed by atoms with Crippen LogP contribution in [0.25, 0.3) is 11.3 Å². The van der Waals surface area contributed by atoms with Crippen LogP contribution in [0, 0.1) is 17.1 Å². The van der Waals surface area contributed by atoms with Gasteiger partial charge >= 0.3 is 0 Å². The lowest BCUT2D eigenvalue weighted by Crippen LogP contribution is -2.21. The second-order valence-electron chi connectivity index (χ2n) is 6.21. The zero-order valence-electron chi connectivity index (χ0n) is 13.7. The van der Waals surface area contributed by atoms with Crippen LogP contribution in [-0.2, 0) is 6.42 Å². The minimum Gasteiger partial charge on any atom is -0.464 e. The first-order valence-corrected chi connectivity index (χ1v) is 8.03. The van der Waals surface area contributed by atoms with Gasteiger partial charge in [0.05, 0.1) is 17.9 Å². The Morgan fingerprint density at radius 2 is 2.04 bits per heavy atom. The number of hydrogen-bond acceptors (Lipinski definition) is 4. The molecule has 1 aliphatic rings. The maximum absolute atomic E-state index is 14.2. The second-order valence-corrected chi connectivity index (χ2v) is 6.21. The SMILES string of the molecule is N#Cc1cc(F)cc(Oc2ccc(-c3ccco3)c3c2CC(F)(F)C3O)c1. The molecule has 0 saturated carbocycles. The Bertz CT molecular complexity index is 1060. The molecule has 0 amide bonds. The van der Waals surface area contributed by atoms with Crippen LogP contribution in [0.1, 0.15) is 22.8 Å². The predicted molar refractivity (Wildman–Crippen MR) is 88.9 cm³/mol. The normalized spacial score (nSPS) is 17.4. The summed E-state index contributed by atoms with van der Waals surface area (Å²) in [6.07, 6.45) is -1.34. The minimum absolute atomic E-state index is 0.00389. The Morgan fingerprint density at radius 3 is 2.74 bits per heavy atom. The summed E-state index contributed by atoms with van der Waals surface area (Å²) in [7, 11) is 0. The van der Waals surface area contributed by atoms with Crippen molar-refractivity contribution in [1.29, 1.82) is 5.26 Å². The highest BCUT2D eigenvalue weighted by Crippen LogP contribution is 2.50. The van der Waals surface area contributed by atoms with Gasteiger partial charge in [-0.1, -0.05) is 0 Å². The first-order chi connectivity index (χ1) is 12.9. The van der Waals surface area contributed by atoms with E-state index in [-0.39, 0.29) is 28.2 Å². The van der Waals surface area contributed by atoms with Gasteiger partial charge in [-0.15, -0.1) is 0 Å². The molecule has 0 radical (unpaired) electrons. The lowest BCUT2D eigenvalue weighted by atomic mass is 9.99. The number of nitriles is 1. The van der Waals surface area contributed by atoms with Gasteiger partial charge in [-0.25, -0.2) is 13.2 Å². The first-order valence-electron chi connectivity index (χ1n) is 8.03. The summed E-state index contributed by atoms with van der Waals surface area (Å²) >= 11 is 0. The van der Waals surface area contributed by atoms with E-state index in [9.17, 15) is 18.3 Å². The van der Waals surface area contributed by atoms with Crippen LogP contribution in [0.15, 0.2) is 53.1 Å². The summed E-state index contributed by atoms with van der Waals surface area (Å²) in [5.74, 6) is -3.65. The molecular weight excluding hydrogens is 359 g/mol. The Labute approximate surface area is 152 Å². The lowest BCUT2D eigenvalue weighted by Gasteiger charge is -2.15. The van der Waals surface area contributed by atoms with E-state index in [2.05, 4.69) is 0 Å². The van der Waals surface area contributed by atoms with Crippen LogP contribution >= 0.6 is 0 Å². The molecule has 0 spiro atoms. The van der Waals surface area contributed by atoms with Gasteiger partial charge in [0.2, 0.25) is 0 Å². The van der Waals surface area contributed by atoms with Gasteiger partial charge in [-0.3, -0.25) is 0 Å². The monoisotopic (exact) mass is 371 g/mol. The Kier molecular flexibility index (Phi) is 3.93. The van der Waals surface area contributed by atoms with Crippen molar-refractivity contribution in [2.24, 2.45) is 0 Å². The molecule has 4 nitrogen and oxygen atoms in total. The number of furan rings is 1. The molecule has 2 aromatic carbocycles. The highest BCUT2D eigenvalue weighted by Gasteiger charge is 2.49. The summed E-state index contributed by atoms with van der Waals surface area (Å²) in [6.45, 7) is 0.